The Hall–Kier alpha value is -1.13. The first-order chi connectivity index (χ1) is 8.58. The monoisotopic (exact) mass is 332 g/mol. The Bertz CT molecular complexity index is 575. The fourth-order valence-electron chi connectivity index (χ4n) is 1.41. The highest BCUT2D eigenvalue weighted by molar-refractivity contribution is 9.10. The van der Waals surface area contributed by atoms with Gasteiger partial charge in [-0.05, 0) is 40.2 Å². The predicted octanol–water partition coefficient (Wildman–Crippen LogP) is 4.96. The first kappa shape index (κ1) is 13.3. The summed E-state index contributed by atoms with van der Waals surface area (Å²) in [6, 6.07) is 8.72. The third kappa shape index (κ3) is 3.00. The molecular formula is C13H8BrClF2O. The third-order valence-electron chi connectivity index (χ3n) is 2.31. The summed E-state index contributed by atoms with van der Waals surface area (Å²) in [4.78, 5) is 0. The number of benzene rings is 2. The Kier molecular flexibility index (Phi) is 4.19. The van der Waals surface area contributed by atoms with E-state index in [9.17, 15) is 8.78 Å². The van der Waals surface area contributed by atoms with Crippen LogP contribution in [-0.2, 0) is 6.61 Å². The van der Waals surface area contributed by atoms with Crippen LogP contribution in [0.3, 0.4) is 0 Å². The van der Waals surface area contributed by atoms with Crippen molar-refractivity contribution in [3.63, 3.8) is 0 Å². The molecule has 0 saturated heterocycles. The molecule has 0 aliphatic rings. The van der Waals surface area contributed by atoms with Gasteiger partial charge >= 0.3 is 0 Å². The molecular weight excluding hydrogens is 325 g/mol. The van der Waals surface area contributed by atoms with E-state index in [1.165, 1.54) is 24.3 Å². The smallest absolute Gasteiger partial charge is 0.148 e. The van der Waals surface area contributed by atoms with E-state index in [2.05, 4.69) is 15.9 Å². The van der Waals surface area contributed by atoms with Gasteiger partial charge in [-0.3, -0.25) is 0 Å². The van der Waals surface area contributed by atoms with Crippen LogP contribution in [0, 0.1) is 11.6 Å². The molecule has 0 saturated carbocycles. The van der Waals surface area contributed by atoms with Crippen molar-refractivity contribution in [1.82, 2.24) is 0 Å². The second-order valence-corrected chi connectivity index (χ2v) is 4.84. The lowest BCUT2D eigenvalue weighted by molar-refractivity contribution is 0.297. The van der Waals surface area contributed by atoms with Gasteiger partial charge in [0.05, 0.1) is 9.50 Å². The minimum absolute atomic E-state index is 0.0244. The normalized spacial score (nSPS) is 10.4. The van der Waals surface area contributed by atoms with Crippen molar-refractivity contribution < 1.29 is 13.5 Å². The molecule has 0 unspecified atom stereocenters. The van der Waals surface area contributed by atoms with Crippen LogP contribution >= 0.6 is 27.5 Å². The van der Waals surface area contributed by atoms with E-state index < -0.39 is 5.82 Å². The van der Waals surface area contributed by atoms with Gasteiger partial charge in [-0.25, -0.2) is 8.78 Å². The van der Waals surface area contributed by atoms with Crippen molar-refractivity contribution in [1.29, 1.82) is 0 Å². The topological polar surface area (TPSA) is 9.23 Å². The number of ether oxygens (including phenoxy) is 1. The fourth-order valence-corrected chi connectivity index (χ4v) is 2.07. The van der Waals surface area contributed by atoms with Crippen LogP contribution in [0.15, 0.2) is 40.9 Å². The Morgan fingerprint density at radius 2 is 1.94 bits per heavy atom. The van der Waals surface area contributed by atoms with Gasteiger partial charge in [-0.2, -0.15) is 0 Å². The lowest BCUT2D eigenvalue weighted by atomic mass is 10.2. The van der Waals surface area contributed by atoms with Crippen LogP contribution in [0.5, 0.6) is 5.75 Å². The van der Waals surface area contributed by atoms with Crippen molar-refractivity contribution in [2.24, 2.45) is 0 Å². The standard InChI is InChI=1S/C13H8BrClF2O/c14-10-6-9(16)4-5-12(10)18-7-8-2-1-3-11(15)13(8)17/h1-6H,7H2. The number of hydrogen-bond donors (Lipinski definition) is 0. The maximum atomic E-state index is 13.6. The lowest BCUT2D eigenvalue weighted by Gasteiger charge is -2.09. The SMILES string of the molecule is Fc1ccc(OCc2cccc(Cl)c2F)c(Br)c1. The van der Waals surface area contributed by atoms with E-state index in [0.717, 1.165) is 0 Å². The van der Waals surface area contributed by atoms with Gasteiger partial charge in [0.2, 0.25) is 0 Å². The van der Waals surface area contributed by atoms with Crippen molar-refractivity contribution >= 4 is 27.5 Å². The molecule has 0 spiro atoms. The third-order valence-corrected chi connectivity index (χ3v) is 3.22. The summed E-state index contributed by atoms with van der Waals surface area (Å²) in [7, 11) is 0. The first-order valence-corrected chi connectivity index (χ1v) is 6.26. The molecule has 2 aromatic rings. The molecule has 18 heavy (non-hydrogen) atoms. The van der Waals surface area contributed by atoms with Gasteiger partial charge in [-0.15, -0.1) is 0 Å². The van der Waals surface area contributed by atoms with Gasteiger partial charge in [0.25, 0.3) is 0 Å². The van der Waals surface area contributed by atoms with E-state index in [-0.39, 0.29) is 17.4 Å². The van der Waals surface area contributed by atoms with E-state index in [4.69, 9.17) is 16.3 Å². The van der Waals surface area contributed by atoms with Crippen molar-refractivity contribution in [3.8, 4) is 5.75 Å². The minimum Gasteiger partial charge on any atom is -0.488 e. The molecule has 5 heteroatoms. The molecule has 0 N–H and O–H groups in total. The Morgan fingerprint density at radius 1 is 1.17 bits per heavy atom. The zero-order chi connectivity index (χ0) is 13.1. The zero-order valence-electron chi connectivity index (χ0n) is 9.09. The largest absolute Gasteiger partial charge is 0.488 e. The van der Waals surface area contributed by atoms with Crippen LogP contribution in [0.1, 0.15) is 5.56 Å². The molecule has 0 aromatic heterocycles. The van der Waals surface area contributed by atoms with E-state index >= 15 is 0 Å². The molecule has 2 aromatic carbocycles. The average molecular weight is 334 g/mol. The van der Waals surface area contributed by atoms with Gasteiger partial charge in [0.1, 0.15) is 24.0 Å². The highest BCUT2D eigenvalue weighted by Gasteiger charge is 2.08. The molecule has 0 heterocycles. The summed E-state index contributed by atoms with van der Waals surface area (Å²) >= 11 is 8.83. The van der Waals surface area contributed by atoms with E-state index in [0.29, 0.717) is 15.8 Å². The van der Waals surface area contributed by atoms with Crippen LogP contribution < -0.4 is 4.74 Å². The molecule has 1 nitrogen and oxygen atoms in total. The Morgan fingerprint density at radius 3 is 2.67 bits per heavy atom. The Labute approximate surface area is 116 Å². The molecule has 0 atom stereocenters. The molecule has 0 aliphatic heterocycles. The van der Waals surface area contributed by atoms with E-state index in [1.807, 2.05) is 0 Å². The summed E-state index contributed by atoms with van der Waals surface area (Å²) < 4.78 is 32.3. The molecule has 0 amide bonds. The fraction of sp³-hybridized carbons (Fsp3) is 0.0769. The Balaban J connectivity index is 2.14. The molecule has 0 bridgehead atoms. The molecule has 0 aliphatic carbocycles. The van der Waals surface area contributed by atoms with Gasteiger partial charge < -0.3 is 4.74 Å². The summed E-state index contributed by atoms with van der Waals surface area (Å²) in [6.07, 6.45) is 0. The molecule has 2 rings (SSSR count). The molecule has 94 valence electrons. The second-order valence-electron chi connectivity index (χ2n) is 3.58. The van der Waals surface area contributed by atoms with Crippen molar-refractivity contribution in [3.05, 3.63) is 63.1 Å². The summed E-state index contributed by atoms with van der Waals surface area (Å²) in [5, 5.41) is 0.0503. The molecule has 0 fully saturated rings. The number of rotatable bonds is 3. The van der Waals surface area contributed by atoms with Crippen LogP contribution in [0.2, 0.25) is 5.02 Å². The quantitative estimate of drug-likeness (QED) is 0.771. The maximum Gasteiger partial charge on any atom is 0.148 e. The lowest BCUT2D eigenvalue weighted by Crippen LogP contribution is -1.99. The highest BCUT2D eigenvalue weighted by atomic mass is 79.9. The maximum absolute atomic E-state index is 13.6. The number of halogens is 4. The first-order valence-electron chi connectivity index (χ1n) is 5.08. The summed E-state index contributed by atoms with van der Waals surface area (Å²) in [5.74, 6) is -0.434. The van der Waals surface area contributed by atoms with Crippen LogP contribution in [0.25, 0.3) is 0 Å². The molecule has 0 radical (unpaired) electrons. The van der Waals surface area contributed by atoms with Crippen LogP contribution in [0.4, 0.5) is 8.78 Å². The average Bonchev–Trinajstić information content (AvgIpc) is 2.33. The minimum atomic E-state index is -0.502. The van der Waals surface area contributed by atoms with Crippen molar-refractivity contribution in [2.75, 3.05) is 0 Å². The van der Waals surface area contributed by atoms with Gasteiger partial charge in [0, 0.05) is 5.56 Å². The van der Waals surface area contributed by atoms with Crippen molar-refractivity contribution in [2.45, 2.75) is 6.61 Å². The van der Waals surface area contributed by atoms with Gasteiger partial charge in [-0.1, -0.05) is 23.7 Å². The predicted molar refractivity (Wildman–Crippen MR) is 69.8 cm³/mol. The summed E-state index contributed by atoms with van der Waals surface area (Å²) in [5.41, 5.74) is 0.346. The van der Waals surface area contributed by atoms with E-state index in [1.54, 1.807) is 12.1 Å². The van der Waals surface area contributed by atoms with Crippen LogP contribution in [-0.4, -0.2) is 0 Å². The van der Waals surface area contributed by atoms with Gasteiger partial charge in [0.15, 0.2) is 0 Å². The second kappa shape index (κ2) is 5.67. The zero-order valence-corrected chi connectivity index (χ0v) is 11.4. The number of hydrogen-bond acceptors (Lipinski definition) is 1. The highest BCUT2D eigenvalue weighted by Crippen LogP contribution is 2.27. The summed E-state index contributed by atoms with van der Waals surface area (Å²) in [6.45, 7) is 0.0244.